The monoisotopic (exact) mass is 361 g/mol. The first kappa shape index (κ1) is 15.8. The summed E-state index contributed by atoms with van der Waals surface area (Å²) in [7, 11) is 0. The van der Waals surface area contributed by atoms with Crippen LogP contribution in [-0.2, 0) is 12.7 Å². The van der Waals surface area contributed by atoms with Crippen molar-refractivity contribution in [3.63, 3.8) is 0 Å². The third kappa shape index (κ3) is 3.75. The van der Waals surface area contributed by atoms with Gasteiger partial charge in [-0.05, 0) is 42.3 Å². The molecule has 2 aromatic carbocycles. The number of anilines is 1. The Hall–Kier alpha value is -1.56. The minimum absolute atomic E-state index is 0.00303. The van der Waals surface area contributed by atoms with Crippen molar-refractivity contribution in [1.29, 1.82) is 0 Å². The van der Waals surface area contributed by atoms with Gasteiger partial charge in [-0.15, -0.1) is 0 Å². The summed E-state index contributed by atoms with van der Waals surface area (Å²) in [6.07, 6.45) is -4.58. The number of nitrogens with one attached hydrogen (secondary N) is 1. The zero-order chi connectivity index (χ0) is 15.6. The summed E-state index contributed by atoms with van der Waals surface area (Å²) in [5.41, 5.74) is 0.668. The van der Waals surface area contributed by atoms with Crippen LogP contribution in [0.15, 0.2) is 40.9 Å². The van der Waals surface area contributed by atoms with Gasteiger partial charge in [-0.25, -0.2) is 4.39 Å². The van der Waals surface area contributed by atoms with Gasteiger partial charge in [-0.3, -0.25) is 0 Å². The zero-order valence-electron chi connectivity index (χ0n) is 11.1. The fraction of sp³-hybridized carbons (Fsp3) is 0.200. The molecule has 112 valence electrons. The van der Waals surface area contributed by atoms with E-state index in [1.54, 1.807) is 12.1 Å². The molecule has 0 saturated heterocycles. The van der Waals surface area contributed by atoms with Crippen LogP contribution in [0.3, 0.4) is 0 Å². The second-order valence-electron chi connectivity index (χ2n) is 4.57. The van der Waals surface area contributed by atoms with Crippen LogP contribution in [0.25, 0.3) is 0 Å². The maximum atomic E-state index is 13.0. The van der Waals surface area contributed by atoms with Crippen LogP contribution in [-0.4, -0.2) is 0 Å². The standard InChI is InChI=1S/C15H12BrF4N/c1-9-13(16)3-2-4-14(9)21-8-10-5-6-11(17)7-12(10)15(18,19)20/h2-7,21H,8H2,1H3. The Bertz CT molecular complexity index is 653. The fourth-order valence-corrected chi connectivity index (χ4v) is 2.32. The van der Waals surface area contributed by atoms with E-state index in [9.17, 15) is 17.6 Å². The molecule has 0 bridgehead atoms. The van der Waals surface area contributed by atoms with E-state index in [-0.39, 0.29) is 12.1 Å². The molecule has 0 amide bonds. The van der Waals surface area contributed by atoms with Gasteiger partial charge in [0.2, 0.25) is 0 Å². The zero-order valence-corrected chi connectivity index (χ0v) is 12.6. The molecule has 0 atom stereocenters. The van der Waals surface area contributed by atoms with E-state index in [0.29, 0.717) is 6.07 Å². The molecule has 0 aliphatic rings. The molecule has 2 rings (SSSR count). The van der Waals surface area contributed by atoms with Gasteiger partial charge >= 0.3 is 6.18 Å². The Morgan fingerprint density at radius 3 is 2.52 bits per heavy atom. The molecule has 0 aliphatic heterocycles. The van der Waals surface area contributed by atoms with Crippen molar-refractivity contribution in [2.75, 3.05) is 5.32 Å². The maximum absolute atomic E-state index is 13.0. The lowest BCUT2D eigenvalue weighted by Gasteiger charge is -2.15. The van der Waals surface area contributed by atoms with Gasteiger partial charge < -0.3 is 5.32 Å². The highest BCUT2D eigenvalue weighted by Gasteiger charge is 2.33. The van der Waals surface area contributed by atoms with Crippen LogP contribution < -0.4 is 5.32 Å². The first-order chi connectivity index (χ1) is 9.79. The van der Waals surface area contributed by atoms with Crippen molar-refractivity contribution >= 4 is 21.6 Å². The van der Waals surface area contributed by atoms with Gasteiger partial charge in [0.25, 0.3) is 0 Å². The van der Waals surface area contributed by atoms with E-state index in [0.717, 1.165) is 27.9 Å². The molecule has 0 aliphatic carbocycles. The number of alkyl halides is 3. The Morgan fingerprint density at radius 2 is 1.86 bits per heavy atom. The van der Waals surface area contributed by atoms with E-state index in [4.69, 9.17) is 0 Å². The third-order valence-electron chi connectivity index (χ3n) is 3.11. The first-order valence-electron chi connectivity index (χ1n) is 6.13. The van der Waals surface area contributed by atoms with Crippen molar-refractivity contribution in [2.24, 2.45) is 0 Å². The topological polar surface area (TPSA) is 12.0 Å². The van der Waals surface area contributed by atoms with Gasteiger partial charge in [-0.2, -0.15) is 13.2 Å². The molecule has 0 fully saturated rings. The fourth-order valence-electron chi connectivity index (χ4n) is 1.96. The van der Waals surface area contributed by atoms with Crippen molar-refractivity contribution in [3.05, 3.63) is 63.4 Å². The normalized spacial score (nSPS) is 11.5. The van der Waals surface area contributed by atoms with Crippen LogP contribution in [0.5, 0.6) is 0 Å². The molecular formula is C15H12BrF4N. The minimum Gasteiger partial charge on any atom is -0.381 e. The van der Waals surface area contributed by atoms with E-state index in [1.807, 2.05) is 13.0 Å². The number of hydrogen-bond donors (Lipinski definition) is 1. The van der Waals surface area contributed by atoms with Gasteiger partial charge in [0.1, 0.15) is 5.82 Å². The van der Waals surface area contributed by atoms with Crippen LogP contribution in [0.1, 0.15) is 16.7 Å². The molecule has 21 heavy (non-hydrogen) atoms. The summed E-state index contributed by atoms with van der Waals surface area (Å²) in [6.45, 7) is 1.81. The quantitative estimate of drug-likeness (QED) is 0.709. The summed E-state index contributed by atoms with van der Waals surface area (Å²) >= 11 is 3.36. The predicted octanol–water partition coefficient (Wildman–Crippen LogP) is 5.53. The minimum atomic E-state index is -4.58. The summed E-state index contributed by atoms with van der Waals surface area (Å²) in [4.78, 5) is 0. The van der Waals surface area contributed by atoms with Crippen molar-refractivity contribution < 1.29 is 17.6 Å². The van der Waals surface area contributed by atoms with Crippen molar-refractivity contribution in [3.8, 4) is 0 Å². The van der Waals surface area contributed by atoms with E-state index < -0.39 is 17.6 Å². The summed E-state index contributed by atoms with van der Waals surface area (Å²) in [5, 5.41) is 2.95. The van der Waals surface area contributed by atoms with Crippen LogP contribution >= 0.6 is 15.9 Å². The lowest BCUT2D eigenvalue weighted by molar-refractivity contribution is -0.138. The summed E-state index contributed by atoms with van der Waals surface area (Å²) < 4.78 is 52.6. The molecule has 1 nitrogen and oxygen atoms in total. The summed E-state index contributed by atoms with van der Waals surface area (Å²) in [6, 6.07) is 8.11. The van der Waals surface area contributed by atoms with Gasteiger partial charge in [0, 0.05) is 16.7 Å². The van der Waals surface area contributed by atoms with Gasteiger partial charge in [-0.1, -0.05) is 28.1 Å². The number of benzene rings is 2. The average Bonchev–Trinajstić information content (AvgIpc) is 2.40. The Morgan fingerprint density at radius 1 is 1.14 bits per heavy atom. The molecule has 6 heteroatoms. The van der Waals surface area contributed by atoms with Crippen molar-refractivity contribution in [1.82, 2.24) is 0 Å². The number of rotatable bonds is 3. The maximum Gasteiger partial charge on any atom is 0.416 e. The largest absolute Gasteiger partial charge is 0.416 e. The molecule has 0 radical (unpaired) electrons. The second kappa shape index (κ2) is 6.05. The Balaban J connectivity index is 2.26. The number of hydrogen-bond acceptors (Lipinski definition) is 1. The predicted molar refractivity (Wildman–Crippen MR) is 77.6 cm³/mol. The Kier molecular flexibility index (Phi) is 4.56. The van der Waals surface area contributed by atoms with E-state index in [2.05, 4.69) is 21.2 Å². The highest BCUT2D eigenvalue weighted by Crippen LogP contribution is 2.33. The molecule has 2 aromatic rings. The average molecular weight is 362 g/mol. The molecule has 1 N–H and O–H groups in total. The second-order valence-corrected chi connectivity index (χ2v) is 5.42. The summed E-state index contributed by atoms with van der Waals surface area (Å²) in [5.74, 6) is -0.898. The molecular weight excluding hydrogens is 350 g/mol. The molecule has 0 saturated carbocycles. The Labute approximate surface area is 128 Å². The van der Waals surface area contributed by atoms with Crippen LogP contribution in [0.2, 0.25) is 0 Å². The lowest BCUT2D eigenvalue weighted by atomic mass is 10.1. The van der Waals surface area contributed by atoms with Gasteiger partial charge in [0.05, 0.1) is 5.56 Å². The smallest absolute Gasteiger partial charge is 0.381 e. The van der Waals surface area contributed by atoms with Crippen molar-refractivity contribution in [2.45, 2.75) is 19.6 Å². The van der Waals surface area contributed by atoms with Crippen LogP contribution in [0, 0.1) is 12.7 Å². The number of halogens is 5. The highest BCUT2D eigenvalue weighted by atomic mass is 79.9. The SMILES string of the molecule is Cc1c(Br)cccc1NCc1ccc(F)cc1C(F)(F)F. The molecule has 0 spiro atoms. The first-order valence-corrected chi connectivity index (χ1v) is 6.93. The van der Waals surface area contributed by atoms with E-state index in [1.165, 1.54) is 0 Å². The molecule has 0 unspecified atom stereocenters. The molecule has 0 aromatic heterocycles. The van der Waals surface area contributed by atoms with Gasteiger partial charge in [0.15, 0.2) is 0 Å². The third-order valence-corrected chi connectivity index (χ3v) is 3.97. The molecule has 0 heterocycles. The lowest BCUT2D eigenvalue weighted by Crippen LogP contribution is -2.12. The highest BCUT2D eigenvalue weighted by molar-refractivity contribution is 9.10. The van der Waals surface area contributed by atoms with E-state index >= 15 is 0 Å². The van der Waals surface area contributed by atoms with Crippen LogP contribution in [0.4, 0.5) is 23.2 Å².